The van der Waals surface area contributed by atoms with E-state index in [1.807, 2.05) is 0 Å². The van der Waals surface area contributed by atoms with E-state index in [1.54, 1.807) is 0 Å². The third-order valence-electron chi connectivity index (χ3n) is 4.60. The van der Waals surface area contributed by atoms with E-state index >= 15 is 0 Å². The Bertz CT molecular complexity index is 1210. The first kappa shape index (κ1) is 22.2. The van der Waals surface area contributed by atoms with Gasteiger partial charge in [-0.1, -0.05) is 12.0 Å². The van der Waals surface area contributed by atoms with E-state index in [2.05, 4.69) is 20.9 Å². The molecule has 0 saturated heterocycles. The number of ether oxygens (including phenoxy) is 1. The average molecular weight is 447 g/mol. The number of rotatable bonds is 5. The lowest BCUT2D eigenvalue weighted by Gasteiger charge is -2.34. The largest absolute Gasteiger partial charge is 0.463 e. The van der Waals surface area contributed by atoms with Crippen molar-refractivity contribution in [3.63, 3.8) is 0 Å². The summed E-state index contributed by atoms with van der Waals surface area (Å²) in [6.07, 6.45) is 8.59. The van der Waals surface area contributed by atoms with Gasteiger partial charge in [0, 0.05) is 12.6 Å². The van der Waals surface area contributed by atoms with Crippen LogP contribution in [-0.4, -0.2) is 48.1 Å². The normalized spacial score (nSPS) is 20.7. The highest BCUT2D eigenvalue weighted by atomic mass is 32.2. The maximum absolute atomic E-state index is 14.7. The van der Waals surface area contributed by atoms with Crippen LogP contribution in [0.2, 0.25) is 0 Å². The number of guanidine groups is 1. The Kier molecular flexibility index (Phi) is 5.94. The van der Waals surface area contributed by atoms with E-state index in [-0.39, 0.29) is 35.3 Å². The maximum Gasteiger partial charge on any atom is 0.239 e. The van der Waals surface area contributed by atoms with Gasteiger partial charge in [-0.2, -0.15) is 0 Å². The molecule has 1 aromatic heterocycles. The van der Waals surface area contributed by atoms with Crippen molar-refractivity contribution in [1.82, 2.24) is 14.3 Å². The maximum atomic E-state index is 14.7. The van der Waals surface area contributed by atoms with Crippen molar-refractivity contribution in [3.05, 3.63) is 53.2 Å². The highest BCUT2D eigenvalue weighted by Crippen LogP contribution is 2.34. The highest BCUT2D eigenvalue weighted by Gasteiger charge is 2.41. The van der Waals surface area contributed by atoms with Gasteiger partial charge in [-0.15, -0.1) is 6.42 Å². The number of nitrogens with two attached hydrogens (primary N) is 1. The summed E-state index contributed by atoms with van der Waals surface area (Å²) < 4.78 is 59.9. The smallest absolute Gasteiger partial charge is 0.239 e. The molecule has 0 saturated carbocycles. The molecule has 8 nitrogen and oxygen atoms in total. The first-order valence-electron chi connectivity index (χ1n) is 8.93. The molecule has 2 heterocycles. The molecule has 1 atom stereocenters. The lowest BCUT2D eigenvalue weighted by atomic mass is 9.92. The van der Waals surface area contributed by atoms with Crippen LogP contribution in [0.3, 0.4) is 0 Å². The number of aliphatic imine (C=N–C) groups is 1. The molecule has 162 valence electrons. The van der Waals surface area contributed by atoms with E-state index in [0.717, 1.165) is 22.6 Å². The Hall–Kier alpha value is -3.52. The Morgan fingerprint density at radius 1 is 1.42 bits per heavy atom. The topological polar surface area (TPSA) is 111 Å². The molecule has 31 heavy (non-hydrogen) atoms. The van der Waals surface area contributed by atoms with Gasteiger partial charge in [0.15, 0.2) is 12.4 Å². The Labute approximate surface area is 178 Å². The van der Waals surface area contributed by atoms with Gasteiger partial charge in [0.2, 0.25) is 21.9 Å². The third kappa shape index (κ3) is 4.64. The molecule has 0 amide bonds. The van der Waals surface area contributed by atoms with Gasteiger partial charge >= 0.3 is 0 Å². The lowest BCUT2D eigenvalue weighted by Crippen LogP contribution is -2.50. The summed E-state index contributed by atoms with van der Waals surface area (Å²) in [5.74, 6) is 0.237. The van der Waals surface area contributed by atoms with Crippen molar-refractivity contribution < 1.29 is 21.9 Å². The van der Waals surface area contributed by atoms with Crippen LogP contribution in [0.4, 0.5) is 8.78 Å². The fourth-order valence-electron chi connectivity index (χ4n) is 2.98. The quantitative estimate of drug-likeness (QED) is 0.701. The molecule has 0 spiro atoms. The minimum Gasteiger partial charge on any atom is -0.463 e. The summed E-state index contributed by atoms with van der Waals surface area (Å²) in [6.45, 7) is 1.45. The first-order valence-corrected chi connectivity index (χ1v) is 10.5. The minimum atomic E-state index is -3.79. The van der Waals surface area contributed by atoms with Crippen LogP contribution >= 0.6 is 0 Å². The molecule has 2 aromatic rings. The number of benzene rings is 1. The Balaban J connectivity index is 1.95. The van der Waals surface area contributed by atoms with Crippen molar-refractivity contribution >= 4 is 27.9 Å². The molecule has 2 N–H and O–H groups in total. The van der Waals surface area contributed by atoms with E-state index in [9.17, 15) is 17.2 Å². The zero-order valence-corrected chi connectivity index (χ0v) is 17.5. The second kappa shape index (κ2) is 8.31. The van der Waals surface area contributed by atoms with E-state index in [0.29, 0.717) is 0 Å². The van der Waals surface area contributed by atoms with Crippen molar-refractivity contribution in [2.75, 3.05) is 19.4 Å². The summed E-state index contributed by atoms with van der Waals surface area (Å²) in [4.78, 5) is 12.0. The van der Waals surface area contributed by atoms with Crippen molar-refractivity contribution in [3.8, 4) is 18.2 Å². The number of aromatic nitrogens is 2. The summed E-state index contributed by atoms with van der Waals surface area (Å²) in [7, 11) is -2.53. The minimum absolute atomic E-state index is 0.00196. The van der Waals surface area contributed by atoms with Crippen LogP contribution in [0.15, 0.2) is 35.6 Å². The number of hydrogen-bond acceptors (Lipinski definition) is 7. The molecule has 1 unspecified atom stereocenters. The molecule has 1 aliphatic heterocycles. The number of terminal acetylenes is 1. The molecule has 0 fully saturated rings. The van der Waals surface area contributed by atoms with Gasteiger partial charge in [-0.3, -0.25) is 0 Å². The van der Waals surface area contributed by atoms with Crippen LogP contribution in [-0.2, 0) is 15.6 Å². The van der Waals surface area contributed by atoms with Crippen molar-refractivity contribution in [2.45, 2.75) is 12.5 Å². The van der Waals surface area contributed by atoms with Gasteiger partial charge in [0.25, 0.3) is 0 Å². The van der Waals surface area contributed by atoms with E-state index in [1.165, 1.54) is 32.3 Å². The Morgan fingerprint density at radius 2 is 2.16 bits per heavy atom. The standard InChI is InChI=1S/C20H19F2N5O3S/c1-4-7-30-18-11-24-17(10-25-18)16(22)9-13-5-6-15(21)14(8-13)20(2)12-31(28,29)27(3)19(23)26-20/h1,5-6,8-11H,7,12H2,2-3H3,(H2,23,26). The van der Waals surface area contributed by atoms with Crippen molar-refractivity contribution in [2.24, 2.45) is 10.7 Å². The number of sulfonamides is 1. The van der Waals surface area contributed by atoms with Crippen LogP contribution in [0, 0.1) is 18.2 Å². The lowest BCUT2D eigenvalue weighted by molar-refractivity contribution is 0.353. The number of nitrogens with zero attached hydrogens (tertiary/aromatic N) is 4. The van der Waals surface area contributed by atoms with Gasteiger partial charge in [-0.05, 0) is 30.7 Å². The van der Waals surface area contributed by atoms with Crippen LogP contribution < -0.4 is 10.5 Å². The molecule has 0 bridgehead atoms. The van der Waals surface area contributed by atoms with Gasteiger partial charge in [0.1, 0.15) is 17.1 Å². The molecule has 1 aromatic carbocycles. The first-order chi connectivity index (χ1) is 14.6. The summed E-state index contributed by atoms with van der Waals surface area (Å²) in [5, 5.41) is 0. The second-order valence-electron chi connectivity index (χ2n) is 6.93. The van der Waals surface area contributed by atoms with E-state index in [4.69, 9.17) is 16.9 Å². The van der Waals surface area contributed by atoms with Gasteiger partial charge in [0.05, 0.1) is 18.1 Å². The predicted octanol–water partition coefficient (Wildman–Crippen LogP) is 1.90. The summed E-state index contributed by atoms with van der Waals surface area (Å²) >= 11 is 0. The van der Waals surface area contributed by atoms with Crippen molar-refractivity contribution in [1.29, 1.82) is 0 Å². The Morgan fingerprint density at radius 3 is 2.77 bits per heavy atom. The second-order valence-corrected chi connectivity index (χ2v) is 8.93. The monoisotopic (exact) mass is 447 g/mol. The average Bonchev–Trinajstić information content (AvgIpc) is 2.71. The van der Waals surface area contributed by atoms with Crippen LogP contribution in [0.1, 0.15) is 23.7 Å². The van der Waals surface area contributed by atoms with Crippen LogP contribution in [0.25, 0.3) is 11.9 Å². The fourth-order valence-corrected chi connectivity index (χ4v) is 4.43. The molecule has 1 aliphatic rings. The molecule has 0 aliphatic carbocycles. The molecule has 0 radical (unpaired) electrons. The number of hydrogen-bond donors (Lipinski definition) is 1. The van der Waals surface area contributed by atoms with E-state index < -0.39 is 33.0 Å². The SMILES string of the molecule is C#CCOc1cnc(C(F)=Cc2ccc(F)c(C3(C)CS(=O)(=O)N(C)C(N)=N3)c2)cn1. The predicted molar refractivity (Wildman–Crippen MR) is 112 cm³/mol. The third-order valence-corrected chi connectivity index (χ3v) is 6.55. The number of halogens is 2. The summed E-state index contributed by atoms with van der Waals surface area (Å²) in [6, 6.07) is 3.78. The van der Waals surface area contributed by atoms with Gasteiger partial charge < -0.3 is 10.5 Å². The molecule has 3 rings (SSSR count). The summed E-state index contributed by atoms with van der Waals surface area (Å²) in [5.41, 5.74) is 4.41. The fraction of sp³-hybridized carbons (Fsp3) is 0.250. The molecular formula is C20H19F2N5O3S. The zero-order chi connectivity index (χ0) is 22.8. The van der Waals surface area contributed by atoms with Gasteiger partial charge in [-0.25, -0.2) is 36.5 Å². The zero-order valence-electron chi connectivity index (χ0n) is 16.7. The van der Waals surface area contributed by atoms with Crippen LogP contribution in [0.5, 0.6) is 5.88 Å². The highest BCUT2D eigenvalue weighted by molar-refractivity contribution is 7.89. The molecular weight excluding hydrogens is 428 g/mol. The molecule has 11 heteroatoms.